The summed E-state index contributed by atoms with van der Waals surface area (Å²) in [5.41, 5.74) is 2.67. The minimum absolute atomic E-state index is 0.0195. The highest BCUT2D eigenvalue weighted by Crippen LogP contribution is 2.48. The summed E-state index contributed by atoms with van der Waals surface area (Å²) in [6.45, 7) is 3.67. The van der Waals surface area contributed by atoms with E-state index in [2.05, 4.69) is 10.0 Å². The van der Waals surface area contributed by atoms with Crippen LogP contribution in [-0.2, 0) is 14.8 Å². The summed E-state index contributed by atoms with van der Waals surface area (Å²) in [7, 11) is -3.75. The van der Waals surface area contributed by atoms with Crippen LogP contribution in [0.15, 0.2) is 47.4 Å². The number of benzene rings is 2. The monoisotopic (exact) mass is 398 g/mol. The Bertz CT molecular complexity index is 1020. The minimum atomic E-state index is -3.75. The van der Waals surface area contributed by atoms with Crippen LogP contribution in [0, 0.1) is 31.6 Å². The fraction of sp³-hybridized carbons (Fsp3) is 0.409. The third kappa shape index (κ3) is 3.78. The van der Waals surface area contributed by atoms with Gasteiger partial charge < -0.3 is 5.32 Å². The molecule has 0 aliphatic heterocycles. The highest BCUT2D eigenvalue weighted by molar-refractivity contribution is 7.92. The number of anilines is 2. The zero-order chi connectivity index (χ0) is 19.9. The number of aryl methyl sites for hydroxylation is 2. The van der Waals surface area contributed by atoms with Gasteiger partial charge in [-0.1, -0.05) is 24.6 Å². The Morgan fingerprint density at radius 1 is 1.00 bits per heavy atom. The lowest BCUT2D eigenvalue weighted by molar-refractivity contribution is -0.121. The van der Waals surface area contributed by atoms with E-state index >= 15 is 0 Å². The molecule has 2 N–H and O–H groups in total. The smallest absolute Gasteiger partial charge is 0.262 e. The van der Waals surface area contributed by atoms with E-state index in [1.807, 2.05) is 19.1 Å². The van der Waals surface area contributed by atoms with Gasteiger partial charge in [0.1, 0.15) is 0 Å². The molecule has 5 nitrogen and oxygen atoms in total. The average molecular weight is 399 g/mol. The first-order valence-electron chi connectivity index (χ1n) is 9.83. The van der Waals surface area contributed by atoms with Crippen LogP contribution in [0.25, 0.3) is 0 Å². The van der Waals surface area contributed by atoms with Crippen LogP contribution in [0.5, 0.6) is 0 Å². The third-order valence-electron chi connectivity index (χ3n) is 6.09. The molecule has 2 saturated carbocycles. The Kier molecular flexibility index (Phi) is 4.91. The maximum absolute atomic E-state index is 12.9. The lowest BCUT2D eigenvalue weighted by atomic mass is 9.88. The Hall–Kier alpha value is -2.34. The summed E-state index contributed by atoms with van der Waals surface area (Å²) in [4.78, 5) is 12.9. The molecule has 148 valence electrons. The van der Waals surface area contributed by atoms with Crippen molar-refractivity contribution in [2.45, 2.75) is 44.4 Å². The summed E-state index contributed by atoms with van der Waals surface area (Å²) in [6, 6.07) is 12.3. The van der Waals surface area contributed by atoms with Gasteiger partial charge in [0, 0.05) is 17.3 Å². The molecule has 2 aromatic rings. The van der Waals surface area contributed by atoms with Crippen molar-refractivity contribution in [2.75, 3.05) is 10.0 Å². The minimum Gasteiger partial charge on any atom is -0.326 e. The van der Waals surface area contributed by atoms with Crippen LogP contribution in [-0.4, -0.2) is 14.3 Å². The van der Waals surface area contributed by atoms with E-state index in [1.54, 1.807) is 37.3 Å². The molecule has 28 heavy (non-hydrogen) atoms. The van der Waals surface area contributed by atoms with Gasteiger partial charge in [-0.25, -0.2) is 8.42 Å². The van der Waals surface area contributed by atoms with Crippen molar-refractivity contribution in [1.29, 1.82) is 0 Å². The Labute approximate surface area is 166 Å². The molecule has 2 aliphatic carbocycles. The van der Waals surface area contributed by atoms with E-state index in [4.69, 9.17) is 0 Å². The number of sulfonamides is 1. The first-order chi connectivity index (χ1) is 13.3. The van der Waals surface area contributed by atoms with E-state index in [0.717, 1.165) is 24.8 Å². The molecule has 3 unspecified atom stereocenters. The maximum Gasteiger partial charge on any atom is 0.262 e. The van der Waals surface area contributed by atoms with Gasteiger partial charge in [-0.3, -0.25) is 9.52 Å². The summed E-state index contributed by atoms with van der Waals surface area (Å²) in [5, 5.41) is 2.95. The molecule has 2 aliphatic rings. The molecule has 2 aromatic carbocycles. The molecule has 0 radical (unpaired) electrons. The SMILES string of the molecule is Cc1cccc(NS(=O)(=O)c2cc(NC(=O)C3CC4CCC3C4)ccc2C)c1. The van der Waals surface area contributed by atoms with Crippen LogP contribution >= 0.6 is 0 Å². The van der Waals surface area contributed by atoms with E-state index in [-0.39, 0.29) is 16.7 Å². The molecule has 0 saturated heterocycles. The molecule has 2 bridgehead atoms. The average Bonchev–Trinajstić information content (AvgIpc) is 3.26. The highest BCUT2D eigenvalue weighted by Gasteiger charge is 2.43. The largest absolute Gasteiger partial charge is 0.326 e. The van der Waals surface area contributed by atoms with E-state index in [1.165, 1.54) is 6.42 Å². The van der Waals surface area contributed by atoms with E-state index in [9.17, 15) is 13.2 Å². The number of hydrogen-bond acceptors (Lipinski definition) is 3. The molecule has 6 heteroatoms. The lowest BCUT2D eigenvalue weighted by Crippen LogP contribution is -2.27. The summed E-state index contributed by atoms with van der Waals surface area (Å²) < 4.78 is 28.4. The van der Waals surface area contributed by atoms with Crippen LogP contribution in [0.1, 0.15) is 36.8 Å². The first kappa shape index (κ1) is 19.0. The Balaban J connectivity index is 1.54. The second-order valence-electron chi connectivity index (χ2n) is 8.23. The maximum atomic E-state index is 12.9. The molecule has 0 spiro atoms. The number of rotatable bonds is 5. The molecule has 3 atom stereocenters. The zero-order valence-corrected chi connectivity index (χ0v) is 17.1. The van der Waals surface area contributed by atoms with Gasteiger partial charge in [0.05, 0.1) is 4.90 Å². The van der Waals surface area contributed by atoms with Crippen molar-refractivity contribution in [3.05, 3.63) is 53.6 Å². The van der Waals surface area contributed by atoms with Crippen LogP contribution in [0.3, 0.4) is 0 Å². The van der Waals surface area contributed by atoms with Gasteiger partial charge in [0.2, 0.25) is 5.91 Å². The quantitative estimate of drug-likeness (QED) is 0.780. The number of fused-ring (bicyclic) bond motifs is 2. The predicted octanol–water partition coefficient (Wildman–Crippen LogP) is 4.48. The molecular weight excluding hydrogens is 372 g/mol. The summed E-state index contributed by atoms with van der Waals surface area (Å²) in [6.07, 6.45) is 4.50. The fourth-order valence-electron chi connectivity index (χ4n) is 4.69. The van der Waals surface area contributed by atoms with Gasteiger partial charge in [-0.15, -0.1) is 0 Å². The van der Waals surface area contributed by atoms with Gasteiger partial charge in [-0.05, 0) is 80.3 Å². The summed E-state index contributed by atoms with van der Waals surface area (Å²) in [5.74, 6) is 1.26. The van der Waals surface area contributed by atoms with Crippen molar-refractivity contribution < 1.29 is 13.2 Å². The van der Waals surface area contributed by atoms with Gasteiger partial charge in [0.25, 0.3) is 10.0 Å². The summed E-state index contributed by atoms with van der Waals surface area (Å²) >= 11 is 0. The molecule has 0 heterocycles. The standard InChI is InChI=1S/C22H26N2O3S/c1-14-4-3-5-19(10-14)24-28(26,27)21-13-18(9-6-15(21)2)23-22(25)20-12-16-7-8-17(20)11-16/h3-6,9-10,13,16-17,20,24H,7-8,11-12H2,1-2H3,(H,23,25). The zero-order valence-electron chi connectivity index (χ0n) is 16.2. The van der Waals surface area contributed by atoms with Crippen molar-refractivity contribution in [1.82, 2.24) is 0 Å². The number of amides is 1. The fourth-order valence-corrected chi connectivity index (χ4v) is 6.01. The second-order valence-corrected chi connectivity index (χ2v) is 9.88. The number of nitrogens with one attached hydrogen (secondary N) is 2. The normalized spacial score (nSPS) is 23.6. The van der Waals surface area contributed by atoms with Crippen LogP contribution < -0.4 is 10.0 Å². The topological polar surface area (TPSA) is 75.3 Å². The Morgan fingerprint density at radius 2 is 1.82 bits per heavy atom. The number of carbonyl (C=O) groups excluding carboxylic acids is 1. The van der Waals surface area contributed by atoms with Crippen molar-refractivity contribution >= 4 is 27.3 Å². The van der Waals surface area contributed by atoms with Gasteiger partial charge >= 0.3 is 0 Å². The molecule has 4 rings (SSSR count). The van der Waals surface area contributed by atoms with Gasteiger partial charge in [-0.2, -0.15) is 0 Å². The second kappa shape index (κ2) is 7.24. The molecule has 0 aromatic heterocycles. The van der Waals surface area contributed by atoms with Crippen molar-refractivity contribution in [2.24, 2.45) is 17.8 Å². The Morgan fingerprint density at radius 3 is 2.50 bits per heavy atom. The van der Waals surface area contributed by atoms with Crippen molar-refractivity contribution in [3.8, 4) is 0 Å². The molecular formula is C22H26N2O3S. The van der Waals surface area contributed by atoms with Gasteiger partial charge in [0.15, 0.2) is 0 Å². The van der Waals surface area contributed by atoms with E-state index < -0.39 is 10.0 Å². The number of hydrogen-bond donors (Lipinski definition) is 2. The molecule has 1 amide bonds. The highest BCUT2D eigenvalue weighted by atomic mass is 32.2. The number of carbonyl (C=O) groups is 1. The predicted molar refractivity (Wildman–Crippen MR) is 111 cm³/mol. The third-order valence-corrected chi connectivity index (χ3v) is 7.61. The lowest BCUT2D eigenvalue weighted by Gasteiger charge is -2.21. The van der Waals surface area contributed by atoms with Crippen LogP contribution in [0.4, 0.5) is 11.4 Å². The van der Waals surface area contributed by atoms with Crippen LogP contribution in [0.2, 0.25) is 0 Å². The first-order valence-corrected chi connectivity index (χ1v) is 11.3. The van der Waals surface area contributed by atoms with E-state index in [0.29, 0.717) is 28.8 Å². The molecule has 2 fully saturated rings. The van der Waals surface area contributed by atoms with Crippen molar-refractivity contribution in [3.63, 3.8) is 0 Å².